The minimum absolute atomic E-state index is 0.0675. The summed E-state index contributed by atoms with van der Waals surface area (Å²) < 4.78 is 25.2. The molecule has 134 valence electrons. The van der Waals surface area contributed by atoms with Gasteiger partial charge in [-0.25, -0.2) is 12.7 Å². The minimum atomic E-state index is -3.47. The number of amides is 1. The van der Waals surface area contributed by atoms with Gasteiger partial charge in [-0.1, -0.05) is 25.1 Å². The fourth-order valence-electron chi connectivity index (χ4n) is 2.25. The number of carbonyl (C=O) groups is 1. The fourth-order valence-corrected chi connectivity index (χ4v) is 3.15. The van der Waals surface area contributed by atoms with Gasteiger partial charge in [0, 0.05) is 20.6 Å². The Hall–Kier alpha value is -2.38. The molecule has 6 nitrogen and oxygen atoms in total. The first-order chi connectivity index (χ1) is 11.8. The molecule has 0 atom stereocenters. The van der Waals surface area contributed by atoms with Gasteiger partial charge in [-0.2, -0.15) is 0 Å². The number of phenolic OH excluding ortho intramolecular Hbond substituents is 1. The van der Waals surface area contributed by atoms with Crippen molar-refractivity contribution in [2.45, 2.75) is 24.8 Å². The summed E-state index contributed by atoms with van der Waals surface area (Å²) in [5.74, 6) is -0.445. The summed E-state index contributed by atoms with van der Waals surface area (Å²) in [6, 6.07) is 11.3. The molecule has 7 heteroatoms. The first-order valence-electron chi connectivity index (χ1n) is 7.87. The second-order valence-corrected chi connectivity index (χ2v) is 7.97. The number of aryl methyl sites for hydroxylation is 1. The van der Waals surface area contributed by atoms with Crippen LogP contribution in [0.3, 0.4) is 0 Å². The third kappa shape index (κ3) is 4.37. The van der Waals surface area contributed by atoms with Crippen LogP contribution in [-0.4, -0.2) is 37.8 Å². The van der Waals surface area contributed by atoms with Crippen LogP contribution in [0.4, 0.5) is 0 Å². The van der Waals surface area contributed by atoms with Crippen molar-refractivity contribution in [1.82, 2.24) is 9.62 Å². The monoisotopic (exact) mass is 362 g/mol. The number of sulfonamides is 1. The summed E-state index contributed by atoms with van der Waals surface area (Å²) in [5.41, 5.74) is 1.95. The maximum absolute atomic E-state index is 12.2. The topological polar surface area (TPSA) is 86.7 Å². The lowest BCUT2D eigenvalue weighted by Gasteiger charge is -2.12. The van der Waals surface area contributed by atoms with Crippen LogP contribution in [0.2, 0.25) is 0 Å². The van der Waals surface area contributed by atoms with Crippen molar-refractivity contribution in [3.63, 3.8) is 0 Å². The Bertz CT molecular complexity index is 859. The van der Waals surface area contributed by atoms with Crippen molar-refractivity contribution in [2.75, 3.05) is 14.1 Å². The number of nitrogens with one attached hydrogen (secondary N) is 1. The van der Waals surface area contributed by atoms with Crippen LogP contribution in [0.5, 0.6) is 5.75 Å². The predicted molar refractivity (Wildman–Crippen MR) is 96.0 cm³/mol. The number of phenols is 1. The summed E-state index contributed by atoms with van der Waals surface area (Å²) in [7, 11) is -0.523. The Morgan fingerprint density at radius 3 is 2.24 bits per heavy atom. The van der Waals surface area contributed by atoms with Crippen molar-refractivity contribution in [3.05, 3.63) is 59.2 Å². The molecular formula is C18H22N2O4S. The first kappa shape index (κ1) is 19.0. The van der Waals surface area contributed by atoms with Gasteiger partial charge < -0.3 is 10.4 Å². The quantitative estimate of drug-likeness (QED) is 0.824. The second-order valence-electron chi connectivity index (χ2n) is 5.82. The van der Waals surface area contributed by atoms with Crippen molar-refractivity contribution in [3.8, 4) is 5.75 Å². The van der Waals surface area contributed by atoms with E-state index >= 15 is 0 Å². The third-order valence-electron chi connectivity index (χ3n) is 3.87. The maximum Gasteiger partial charge on any atom is 0.255 e. The van der Waals surface area contributed by atoms with Gasteiger partial charge in [0.2, 0.25) is 10.0 Å². The highest BCUT2D eigenvalue weighted by Crippen LogP contribution is 2.19. The van der Waals surface area contributed by atoms with Gasteiger partial charge in [0.05, 0.1) is 10.5 Å². The van der Waals surface area contributed by atoms with E-state index in [0.29, 0.717) is 0 Å². The maximum atomic E-state index is 12.2. The molecule has 0 radical (unpaired) electrons. The number of hydrogen-bond donors (Lipinski definition) is 2. The molecule has 2 aromatic carbocycles. The molecule has 0 saturated heterocycles. The van der Waals surface area contributed by atoms with Crippen LogP contribution < -0.4 is 5.32 Å². The molecule has 0 saturated carbocycles. The zero-order valence-corrected chi connectivity index (χ0v) is 15.3. The SMILES string of the molecule is CCc1ccc(O)c(C(=O)NCc2ccc(S(=O)(=O)N(C)C)cc2)c1. The fraction of sp³-hybridized carbons (Fsp3) is 0.278. The van der Waals surface area contributed by atoms with E-state index in [-0.39, 0.29) is 28.7 Å². The Morgan fingerprint density at radius 1 is 1.08 bits per heavy atom. The van der Waals surface area contributed by atoms with Crippen molar-refractivity contribution < 1.29 is 18.3 Å². The highest BCUT2D eigenvalue weighted by Gasteiger charge is 2.17. The van der Waals surface area contributed by atoms with E-state index in [1.807, 2.05) is 6.92 Å². The van der Waals surface area contributed by atoms with Crippen LogP contribution in [0.1, 0.15) is 28.4 Å². The van der Waals surface area contributed by atoms with E-state index in [4.69, 9.17) is 0 Å². The van der Waals surface area contributed by atoms with Gasteiger partial charge in [0.15, 0.2) is 0 Å². The lowest BCUT2D eigenvalue weighted by atomic mass is 10.1. The third-order valence-corrected chi connectivity index (χ3v) is 5.70. The van der Waals surface area contributed by atoms with Gasteiger partial charge in [-0.15, -0.1) is 0 Å². The molecule has 1 amide bonds. The van der Waals surface area contributed by atoms with Gasteiger partial charge in [-0.3, -0.25) is 4.79 Å². The van der Waals surface area contributed by atoms with Crippen molar-refractivity contribution in [2.24, 2.45) is 0 Å². The van der Waals surface area contributed by atoms with Crippen LogP contribution in [-0.2, 0) is 23.0 Å². The van der Waals surface area contributed by atoms with Crippen LogP contribution in [0.25, 0.3) is 0 Å². The molecule has 2 aromatic rings. The summed E-state index contributed by atoms with van der Waals surface area (Å²) in [6.07, 6.45) is 0.766. The molecule has 0 bridgehead atoms. The van der Waals surface area contributed by atoms with E-state index in [9.17, 15) is 18.3 Å². The highest BCUT2D eigenvalue weighted by molar-refractivity contribution is 7.89. The van der Waals surface area contributed by atoms with E-state index in [2.05, 4.69) is 5.32 Å². The smallest absolute Gasteiger partial charge is 0.255 e. The molecule has 0 unspecified atom stereocenters. The van der Waals surface area contributed by atoms with E-state index < -0.39 is 10.0 Å². The summed E-state index contributed by atoms with van der Waals surface area (Å²) >= 11 is 0. The highest BCUT2D eigenvalue weighted by atomic mass is 32.2. The van der Waals surface area contributed by atoms with Gasteiger partial charge >= 0.3 is 0 Å². The van der Waals surface area contributed by atoms with Crippen molar-refractivity contribution in [1.29, 1.82) is 0 Å². The summed E-state index contributed by atoms with van der Waals surface area (Å²) in [6.45, 7) is 2.20. The largest absolute Gasteiger partial charge is 0.507 e. The van der Waals surface area contributed by atoms with Crippen LogP contribution in [0, 0.1) is 0 Å². The predicted octanol–water partition coefficient (Wildman–Crippen LogP) is 2.13. The molecule has 2 rings (SSSR count). The zero-order valence-electron chi connectivity index (χ0n) is 14.5. The standard InChI is InChI=1S/C18H22N2O4S/c1-4-13-7-10-17(21)16(11-13)18(22)19-12-14-5-8-15(9-6-14)25(23,24)20(2)3/h5-11,21H,4,12H2,1-3H3,(H,19,22). The zero-order chi connectivity index (χ0) is 18.6. The molecule has 0 spiro atoms. The number of carbonyl (C=O) groups excluding carboxylic acids is 1. The lowest BCUT2D eigenvalue weighted by molar-refractivity contribution is 0.0948. The molecule has 0 aromatic heterocycles. The summed E-state index contributed by atoms with van der Waals surface area (Å²) in [5, 5.41) is 12.6. The van der Waals surface area contributed by atoms with Gasteiger partial charge in [0.25, 0.3) is 5.91 Å². The number of aromatic hydroxyl groups is 1. The molecule has 0 aliphatic rings. The molecule has 0 fully saturated rings. The normalized spacial score (nSPS) is 11.5. The Morgan fingerprint density at radius 2 is 1.68 bits per heavy atom. The van der Waals surface area contributed by atoms with Crippen molar-refractivity contribution >= 4 is 15.9 Å². The van der Waals surface area contributed by atoms with E-state index in [1.54, 1.807) is 24.3 Å². The van der Waals surface area contributed by atoms with Crippen LogP contribution in [0.15, 0.2) is 47.4 Å². The Balaban J connectivity index is 2.08. The van der Waals surface area contributed by atoms with Gasteiger partial charge in [-0.05, 0) is 41.8 Å². The van der Waals surface area contributed by atoms with E-state index in [0.717, 1.165) is 21.9 Å². The average Bonchev–Trinajstić information content (AvgIpc) is 2.60. The number of benzene rings is 2. The number of nitrogens with zero attached hydrogens (tertiary/aromatic N) is 1. The lowest BCUT2D eigenvalue weighted by Crippen LogP contribution is -2.23. The van der Waals surface area contributed by atoms with E-state index in [1.165, 1.54) is 32.3 Å². The second kappa shape index (κ2) is 7.67. The molecule has 25 heavy (non-hydrogen) atoms. The number of rotatable bonds is 6. The minimum Gasteiger partial charge on any atom is -0.507 e. The Labute approximate surface area is 148 Å². The first-order valence-corrected chi connectivity index (χ1v) is 9.31. The average molecular weight is 362 g/mol. The van der Waals surface area contributed by atoms with Crippen LogP contribution >= 0.6 is 0 Å². The molecule has 0 aliphatic carbocycles. The molecule has 2 N–H and O–H groups in total. The molecular weight excluding hydrogens is 340 g/mol. The molecule has 0 heterocycles. The van der Waals surface area contributed by atoms with Gasteiger partial charge in [0.1, 0.15) is 5.75 Å². The summed E-state index contributed by atoms with van der Waals surface area (Å²) in [4.78, 5) is 12.4. The number of hydrogen-bond acceptors (Lipinski definition) is 4. The molecule has 0 aliphatic heterocycles. The Kier molecular flexibility index (Phi) is 5.81.